The molecule has 2 N–H and O–H groups in total. The van der Waals surface area contributed by atoms with Crippen molar-refractivity contribution >= 4 is 11.9 Å². The average Bonchev–Trinajstić information content (AvgIpc) is 2.61. The van der Waals surface area contributed by atoms with Crippen molar-refractivity contribution in [3.05, 3.63) is 55.8 Å². The Kier molecular flexibility index (Phi) is 6.41. The van der Waals surface area contributed by atoms with Gasteiger partial charge in [0, 0.05) is 17.1 Å². The van der Waals surface area contributed by atoms with Gasteiger partial charge in [-0.15, -0.1) is 0 Å². The molecule has 0 saturated carbocycles. The van der Waals surface area contributed by atoms with Gasteiger partial charge in [0.15, 0.2) is 0 Å². The second-order valence-electron chi connectivity index (χ2n) is 6.28. The number of aryl methyl sites for hydroxylation is 1. The number of allylic oxidation sites excluding steroid dienone is 2. The van der Waals surface area contributed by atoms with Crippen LogP contribution in [0.15, 0.2) is 33.4 Å². The van der Waals surface area contributed by atoms with Gasteiger partial charge < -0.3 is 19.8 Å². The number of nitriles is 1. The molecular formula is C20H23N3O5. The molecule has 0 unspecified atom stereocenters. The minimum Gasteiger partial charge on any atom is -0.463 e. The Morgan fingerprint density at radius 2 is 1.57 bits per heavy atom. The molecule has 0 saturated heterocycles. The van der Waals surface area contributed by atoms with E-state index in [1.54, 1.807) is 34.6 Å². The summed E-state index contributed by atoms with van der Waals surface area (Å²) in [4.78, 5) is 40.0. The number of carbonyl (C=O) groups is 2. The zero-order valence-electron chi connectivity index (χ0n) is 16.6. The Hall–Kier alpha value is -3.34. The summed E-state index contributed by atoms with van der Waals surface area (Å²) < 4.78 is 10.4. The van der Waals surface area contributed by atoms with Crippen LogP contribution in [0.1, 0.15) is 50.4 Å². The molecule has 1 aliphatic rings. The first-order chi connectivity index (χ1) is 13.3. The van der Waals surface area contributed by atoms with E-state index < -0.39 is 23.4 Å². The van der Waals surface area contributed by atoms with Crippen LogP contribution in [-0.2, 0) is 19.1 Å². The Bertz CT molecular complexity index is 939. The molecule has 2 rings (SSSR count). The fourth-order valence-electron chi connectivity index (χ4n) is 3.29. The molecule has 0 atom stereocenters. The highest BCUT2D eigenvalue weighted by molar-refractivity contribution is 6.00. The van der Waals surface area contributed by atoms with Gasteiger partial charge in [0.05, 0.1) is 30.3 Å². The molecule has 0 fully saturated rings. The second-order valence-corrected chi connectivity index (χ2v) is 6.28. The summed E-state index contributed by atoms with van der Waals surface area (Å²) in [5.74, 6) is -2.02. The quantitative estimate of drug-likeness (QED) is 0.743. The number of hydrogen-bond acceptors (Lipinski definition) is 7. The molecule has 0 spiro atoms. The lowest BCUT2D eigenvalue weighted by Crippen LogP contribution is -2.33. The number of dihydropyridines is 1. The first-order valence-electron chi connectivity index (χ1n) is 8.93. The number of H-pyrrole nitrogens is 1. The average molecular weight is 385 g/mol. The Morgan fingerprint density at radius 3 is 2.00 bits per heavy atom. The van der Waals surface area contributed by atoms with Crippen molar-refractivity contribution in [1.82, 2.24) is 10.3 Å². The van der Waals surface area contributed by atoms with Gasteiger partial charge in [-0.1, -0.05) is 0 Å². The number of hydrogen-bond donors (Lipinski definition) is 2. The maximum Gasteiger partial charge on any atom is 0.336 e. The molecule has 28 heavy (non-hydrogen) atoms. The number of ether oxygens (including phenoxy) is 2. The van der Waals surface area contributed by atoms with Crippen LogP contribution >= 0.6 is 0 Å². The molecular weight excluding hydrogens is 362 g/mol. The normalized spacial score (nSPS) is 14.4. The van der Waals surface area contributed by atoms with Crippen molar-refractivity contribution in [1.29, 1.82) is 5.26 Å². The van der Waals surface area contributed by atoms with E-state index in [0.717, 1.165) is 0 Å². The van der Waals surface area contributed by atoms with Crippen molar-refractivity contribution in [3.8, 4) is 6.07 Å². The van der Waals surface area contributed by atoms with Gasteiger partial charge in [0.2, 0.25) is 0 Å². The number of nitrogens with zero attached hydrogens (tertiary/aromatic N) is 1. The highest BCUT2D eigenvalue weighted by Gasteiger charge is 2.39. The molecule has 2 heterocycles. The Balaban J connectivity index is 2.81. The minimum absolute atomic E-state index is 0.110. The summed E-state index contributed by atoms with van der Waals surface area (Å²) in [6.45, 7) is 8.75. The van der Waals surface area contributed by atoms with Crippen molar-refractivity contribution in [3.63, 3.8) is 0 Å². The number of esters is 2. The number of aromatic amines is 1. The molecule has 0 bridgehead atoms. The third-order valence-corrected chi connectivity index (χ3v) is 4.46. The molecule has 8 nitrogen and oxygen atoms in total. The summed E-state index contributed by atoms with van der Waals surface area (Å²) in [5.41, 5.74) is 1.78. The summed E-state index contributed by atoms with van der Waals surface area (Å²) in [6.07, 6.45) is 0. The van der Waals surface area contributed by atoms with E-state index in [1.165, 1.54) is 6.07 Å². The molecule has 0 aromatic carbocycles. The van der Waals surface area contributed by atoms with Gasteiger partial charge >= 0.3 is 11.9 Å². The Morgan fingerprint density at radius 1 is 1.07 bits per heavy atom. The van der Waals surface area contributed by atoms with Crippen LogP contribution in [0.3, 0.4) is 0 Å². The van der Waals surface area contributed by atoms with E-state index in [2.05, 4.69) is 10.3 Å². The SMILES string of the molecule is CCOC(=O)C1=C(C)NC(C)=C(C(=O)OCC)C1c1cc(C#N)c(=O)[nH]c1C. The molecule has 0 amide bonds. The predicted molar refractivity (Wildman–Crippen MR) is 101 cm³/mol. The van der Waals surface area contributed by atoms with Crippen LogP contribution in [0.5, 0.6) is 0 Å². The van der Waals surface area contributed by atoms with Gasteiger partial charge in [-0.25, -0.2) is 9.59 Å². The van der Waals surface area contributed by atoms with Crippen LogP contribution in [-0.4, -0.2) is 30.1 Å². The largest absolute Gasteiger partial charge is 0.463 e. The molecule has 1 aromatic rings. The first-order valence-corrected chi connectivity index (χ1v) is 8.93. The van der Waals surface area contributed by atoms with Crippen molar-refractivity contribution < 1.29 is 19.1 Å². The summed E-state index contributed by atoms with van der Waals surface area (Å²) in [7, 11) is 0. The van der Waals surface area contributed by atoms with Crippen molar-refractivity contribution in [2.24, 2.45) is 0 Å². The summed E-state index contributed by atoms with van der Waals surface area (Å²) in [5, 5.41) is 12.3. The van der Waals surface area contributed by atoms with Crippen molar-refractivity contribution in [2.75, 3.05) is 13.2 Å². The zero-order valence-corrected chi connectivity index (χ0v) is 16.6. The lowest BCUT2D eigenvalue weighted by Gasteiger charge is -2.31. The molecule has 148 valence electrons. The molecule has 1 aromatic heterocycles. The fraction of sp³-hybridized carbons (Fsp3) is 0.400. The van der Waals surface area contributed by atoms with Crippen LogP contribution in [0.25, 0.3) is 0 Å². The zero-order chi connectivity index (χ0) is 21.0. The Labute approximate surface area is 162 Å². The summed E-state index contributed by atoms with van der Waals surface area (Å²) >= 11 is 0. The second kappa shape index (κ2) is 8.57. The van der Waals surface area contributed by atoms with E-state index in [1.807, 2.05) is 6.07 Å². The number of rotatable bonds is 5. The number of nitrogens with one attached hydrogen (secondary N) is 2. The molecule has 8 heteroatoms. The summed E-state index contributed by atoms with van der Waals surface area (Å²) in [6, 6.07) is 3.24. The smallest absolute Gasteiger partial charge is 0.336 e. The van der Waals surface area contributed by atoms with Crippen LogP contribution in [0.2, 0.25) is 0 Å². The van der Waals surface area contributed by atoms with Gasteiger partial charge in [-0.05, 0) is 46.2 Å². The first kappa shape index (κ1) is 21.0. The van der Waals surface area contributed by atoms with E-state index in [-0.39, 0.29) is 29.9 Å². The van der Waals surface area contributed by atoms with E-state index >= 15 is 0 Å². The van der Waals surface area contributed by atoms with Crippen LogP contribution in [0, 0.1) is 18.3 Å². The maximum atomic E-state index is 12.7. The highest BCUT2D eigenvalue weighted by Crippen LogP contribution is 2.40. The van der Waals surface area contributed by atoms with Gasteiger partial charge in [-0.2, -0.15) is 5.26 Å². The molecule has 1 aliphatic heterocycles. The lowest BCUT2D eigenvalue weighted by molar-refractivity contribution is -0.139. The lowest BCUT2D eigenvalue weighted by atomic mass is 9.79. The highest BCUT2D eigenvalue weighted by atomic mass is 16.5. The minimum atomic E-state index is -0.844. The van der Waals surface area contributed by atoms with Gasteiger partial charge in [0.25, 0.3) is 5.56 Å². The predicted octanol–water partition coefficient (Wildman–Crippen LogP) is 1.92. The van der Waals surface area contributed by atoms with Gasteiger partial charge in [-0.3, -0.25) is 4.79 Å². The third kappa shape index (κ3) is 3.83. The topological polar surface area (TPSA) is 121 Å². The molecule has 0 radical (unpaired) electrons. The maximum absolute atomic E-state index is 12.7. The van der Waals surface area contributed by atoms with Crippen molar-refractivity contribution in [2.45, 2.75) is 40.5 Å². The standard InChI is InChI=1S/C20H23N3O5/c1-6-27-19(25)15-11(4)22-12(5)16(20(26)28-7-2)17(15)14-8-13(9-21)18(24)23-10(14)3/h8,17,22H,6-7H2,1-5H3,(H,23,24). The van der Waals surface area contributed by atoms with E-state index in [0.29, 0.717) is 22.7 Å². The number of aromatic nitrogens is 1. The number of carbonyl (C=O) groups excluding carboxylic acids is 2. The van der Waals surface area contributed by atoms with E-state index in [9.17, 15) is 19.6 Å². The third-order valence-electron chi connectivity index (χ3n) is 4.46. The molecule has 0 aliphatic carbocycles. The number of pyridine rings is 1. The monoisotopic (exact) mass is 385 g/mol. The fourth-order valence-corrected chi connectivity index (χ4v) is 3.29. The van der Waals surface area contributed by atoms with Crippen LogP contribution < -0.4 is 10.9 Å². The van der Waals surface area contributed by atoms with Crippen LogP contribution in [0.4, 0.5) is 0 Å². The van der Waals surface area contributed by atoms with E-state index in [4.69, 9.17) is 9.47 Å². The van der Waals surface area contributed by atoms with Gasteiger partial charge in [0.1, 0.15) is 11.6 Å².